The quantitative estimate of drug-likeness (QED) is 0.713. The molecule has 1 aliphatic heterocycles. The number of amides is 1. The zero-order valence-corrected chi connectivity index (χ0v) is 14.5. The van der Waals surface area contributed by atoms with Crippen LogP contribution in [-0.4, -0.2) is 22.0 Å². The first-order chi connectivity index (χ1) is 13.0. The molecular formula is C20H17F2N3O2. The molecule has 27 heavy (non-hydrogen) atoms. The van der Waals surface area contributed by atoms with E-state index in [1.165, 1.54) is 21.9 Å². The van der Waals surface area contributed by atoms with Crippen LogP contribution in [-0.2, 0) is 17.8 Å². The highest BCUT2D eigenvalue weighted by atomic mass is 19.1. The number of anilines is 1. The summed E-state index contributed by atoms with van der Waals surface area (Å²) < 4.78 is 29.0. The smallest absolute Gasteiger partial charge is 0.261 e. The van der Waals surface area contributed by atoms with Crippen LogP contribution < -0.4 is 10.5 Å². The van der Waals surface area contributed by atoms with Crippen molar-refractivity contribution in [2.45, 2.75) is 25.8 Å². The van der Waals surface area contributed by atoms with Crippen LogP contribution in [0.15, 0.2) is 47.5 Å². The molecule has 0 radical (unpaired) electrons. The third kappa shape index (κ3) is 3.20. The summed E-state index contributed by atoms with van der Waals surface area (Å²) in [6.45, 7) is 0.554. The second-order valence-electron chi connectivity index (χ2n) is 6.54. The lowest BCUT2D eigenvalue weighted by molar-refractivity contribution is -0.118. The molecule has 0 fully saturated rings. The molecule has 0 atom stereocenters. The molecule has 7 heteroatoms. The lowest BCUT2D eigenvalue weighted by Gasteiger charge is -2.30. The predicted octanol–water partition coefficient (Wildman–Crippen LogP) is 3.04. The largest absolute Gasteiger partial charge is 0.312 e. The van der Waals surface area contributed by atoms with Crippen molar-refractivity contribution in [2.75, 3.05) is 11.4 Å². The van der Waals surface area contributed by atoms with E-state index in [1.807, 2.05) is 0 Å². The van der Waals surface area contributed by atoms with Crippen molar-refractivity contribution < 1.29 is 13.6 Å². The third-order valence-electron chi connectivity index (χ3n) is 4.84. The Morgan fingerprint density at radius 2 is 2.00 bits per heavy atom. The van der Waals surface area contributed by atoms with Gasteiger partial charge >= 0.3 is 0 Å². The Bertz CT molecular complexity index is 1090. The minimum atomic E-state index is -0.708. The zero-order chi connectivity index (χ0) is 19.0. The van der Waals surface area contributed by atoms with Gasteiger partial charge in [-0.25, -0.2) is 13.8 Å². The van der Waals surface area contributed by atoms with Gasteiger partial charge in [0.25, 0.3) is 5.56 Å². The van der Waals surface area contributed by atoms with Gasteiger partial charge in [0.15, 0.2) is 0 Å². The van der Waals surface area contributed by atoms with E-state index < -0.39 is 11.6 Å². The Morgan fingerprint density at radius 3 is 2.85 bits per heavy atom. The minimum Gasteiger partial charge on any atom is -0.312 e. The van der Waals surface area contributed by atoms with Gasteiger partial charge in [0.05, 0.1) is 22.9 Å². The van der Waals surface area contributed by atoms with E-state index in [1.54, 1.807) is 24.3 Å². The summed E-state index contributed by atoms with van der Waals surface area (Å²) in [4.78, 5) is 30.8. The number of hydrogen-bond acceptors (Lipinski definition) is 3. The van der Waals surface area contributed by atoms with Crippen LogP contribution in [0.25, 0.3) is 10.9 Å². The second kappa shape index (κ2) is 6.90. The Labute approximate surface area is 153 Å². The van der Waals surface area contributed by atoms with E-state index in [0.717, 1.165) is 6.07 Å². The van der Waals surface area contributed by atoms with Gasteiger partial charge in [-0.15, -0.1) is 0 Å². The molecule has 0 bridgehead atoms. The van der Waals surface area contributed by atoms with Crippen LogP contribution in [0.3, 0.4) is 0 Å². The summed E-state index contributed by atoms with van der Waals surface area (Å²) in [5.74, 6) is -1.61. The Hall–Kier alpha value is -3.09. The number of aryl methyl sites for hydroxylation is 1. The molecule has 0 aliphatic carbocycles. The van der Waals surface area contributed by atoms with E-state index >= 15 is 0 Å². The topological polar surface area (TPSA) is 55.2 Å². The van der Waals surface area contributed by atoms with Gasteiger partial charge in [0, 0.05) is 31.1 Å². The fourth-order valence-corrected chi connectivity index (χ4v) is 3.49. The molecule has 5 nitrogen and oxygen atoms in total. The summed E-state index contributed by atoms with van der Waals surface area (Å²) in [6, 6.07) is 9.03. The molecule has 3 aromatic rings. The normalized spacial score (nSPS) is 13.6. The molecule has 0 saturated heterocycles. The van der Waals surface area contributed by atoms with Crippen molar-refractivity contribution in [2.24, 2.45) is 0 Å². The average Bonchev–Trinajstić information content (AvgIpc) is 2.67. The van der Waals surface area contributed by atoms with Crippen molar-refractivity contribution in [3.8, 4) is 0 Å². The number of carbonyl (C=O) groups excluding carboxylic acids is 1. The highest BCUT2D eigenvalue weighted by molar-refractivity contribution is 5.94. The average molecular weight is 369 g/mol. The van der Waals surface area contributed by atoms with Gasteiger partial charge in [-0.05, 0) is 31.0 Å². The molecule has 4 rings (SSSR count). The second-order valence-corrected chi connectivity index (χ2v) is 6.54. The van der Waals surface area contributed by atoms with E-state index in [-0.39, 0.29) is 30.1 Å². The molecule has 2 heterocycles. The van der Waals surface area contributed by atoms with Gasteiger partial charge in [-0.1, -0.05) is 12.1 Å². The fourth-order valence-electron chi connectivity index (χ4n) is 3.49. The number of carbonyl (C=O) groups is 1. The van der Waals surface area contributed by atoms with Crippen molar-refractivity contribution in [1.29, 1.82) is 0 Å². The standard InChI is InChI=1S/C20H17F2N3O2/c21-13-10-16(22)14-5-3-8-25(18(14)11-13)19(26)7-9-24-12-23-17-6-2-1-4-15(17)20(24)27/h1-2,4,6,10-12H,3,5,7-9H2. The molecule has 0 N–H and O–H groups in total. The third-order valence-corrected chi connectivity index (χ3v) is 4.84. The van der Waals surface area contributed by atoms with Gasteiger partial charge in [0.2, 0.25) is 5.91 Å². The van der Waals surface area contributed by atoms with Crippen molar-refractivity contribution >= 4 is 22.5 Å². The molecule has 2 aromatic carbocycles. The van der Waals surface area contributed by atoms with Crippen LogP contribution in [0.1, 0.15) is 18.4 Å². The highest BCUT2D eigenvalue weighted by Gasteiger charge is 2.25. The highest BCUT2D eigenvalue weighted by Crippen LogP contribution is 2.30. The van der Waals surface area contributed by atoms with E-state index in [2.05, 4.69) is 4.98 Å². The summed E-state index contributed by atoms with van der Waals surface area (Å²) in [7, 11) is 0. The van der Waals surface area contributed by atoms with Crippen molar-refractivity contribution in [3.63, 3.8) is 0 Å². The predicted molar refractivity (Wildman–Crippen MR) is 97.7 cm³/mol. The maximum Gasteiger partial charge on any atom is 0.261 e. The molecule has 0 saturated carbocycles. The number of benzene rings is 2. The first kappa shape index (κ1) is 17.3. The Kier molecular flexibility index (Phi) is 4.43. The monoisotopic (exact) mass is 369 g/mol. The Balaban J connectivity index is 1.56. The molecule has 138 valence electrons. The number of aromatic nitrogens is 2. The van der Waals surface area contributed by atoms with E-state index in [9.17, 15) is 18.4 Å². The van der Waals surface area contributed by atoms with Crippen LogP contribution in [0.2, 0.25) is 0 Å². The van der Waals surface area contributed by atoms with E-state index in [0.29, 0.717) is 35.9 Å². The number of hydrogen-bond donors (Lipinski definition) is 0. The zero-order valence-electron chi connectivity index (χ0n) is 14.5. The van der Waals surface area contributed by atoms with Crippen molar-refractivity contribution in [1.82, 2.24) is 9.55 Å². The number of fused-ring (bicyclic) bond motifs is 2. The molecule has 0 unspecified atom stereocenters. The van der Waals surface area contributed by atoms with E-state index in [4.69, 9.17) is 0 Å². The van der Waals surface area contributed by atoms with Gasteiger partial charge in [-0.2, -0.15) is 0 Å². The van der Waals surface area contributed by atoms with Gasteiger partial charge < -0.3 is 4.90 Å². The Morgan fingerprint density at radius 1 is 1.19 bits per heavy atom. The maximum atomic E-state index is 14.0. The first-order valence-corrected chi connectivity index (χ1v) is 8.77. The van der Waals surface area contributed by atoms with Crippen LogP contribution in [0.4, 0.5) is 14.5 Å². The first-order valence-electron chi connectivity index (χ1n) is 8.77. The summed E-state index contributed by atoms with van der Waals surface area (Å²) in [5, 5.41) is 0.486. The molecule has 0 spiro atoms. The summed E-state index contributed by atoms with van der Waals surface area (Å²) in [5.41, 5.74) is 1.03. The lowest BCUT2D eigenvalue weighted by Crippen LogP contribution is -2.37. The summed E-state index contributed by atoms with van der Waals surface area (Å²) in [6.07, 6.45) is 2.54. The molecule has 1 aliphatic rings. The van der Waals surface area contributed by atoms with Crippen LogP contribution in [0.5, 0.6) is 0 Å². The molecule has 1 amide bonds. The number of para-hydroxylation sites is 1. The molecular weight excluding hydrogens is 352 g/mol. The lowest BCUT2D eigenvalue weighted by atomic mass is 10.0. The molecule has 1 aromatic heterocycles. The maximum absolute atomic E-state index is 14.0. The number of halogens is 2. The van der Waals surface area contributed by atoms with Gasteiger partial charge in [-0.3, -0.25) is 14.2 Å². The summed E-state index contributed by atoms with van der Waals surface area (Å²) >= 11 is 0. The SMILES string of the molecule is O=C(CCn1cnc2ccccc2c1=O)N1CCCc2c(F)cc(F)cc21. The number of nitrogens with zero attached hydrogens (tertiary/aromatic N) is 3. The fraction of sp³-hybridized carbons (Fsp3) is 0.250. The van der Waals surface area contributed by atoms with Crippen LogP contribution in [0, 0.1) is 11.6 Å². The minimum absolute atomic E-state index is 0.0392. The van der Waals surface area contributed by atoms with Crippen LogP contribution >= 0.6 is 0 Å². The van der Waals surface area contributed by atoms with Gasteiger partial charge in [0.1, 0.15) is 11.6 Å². The number of rotatable bonds is 3. The van der Waals surface area contributed by atoms with Crippen molar-refractivity contribution in [3.05, 3.63) is 70.3 Å².